The Kier molecular flexibility index (Phi) is 3.63. The van der Waals surface area contributed by atoms with E-state index in [1.165, 1.54) is 0 Å². The molecule has 2 aliphatic heterocycles. The Labute approximate surface area is 140 Å². The number of fused-ring (bicyclic) bond motifs is 2. The van der Waals surface area contributed by atoms with Crippen LogP contribution in [0.2, 0.25) is 0 Å². The van der Waals surface area contributed by atoms with E-state index >= 15 is 0 Å². The number of amides is 2. The summed E-state index contributed by atoms with van der Waals surface area (Å²) in [4.78, 5) is 32.2. The van der Waals surface area contributed by atoms with Crippen molar-refractivity contribution in [3.63, 3.8) is 0 Å². The molecule has 5 heteroatoms. The maximum atomic E-state index is 13.0. The van der Waals surface area contributed by atoms with Gasteiger partial charge in [0.1, 0.15) is 0 Å². The Morgan fingerprint density at radius 3 is 3.00 bits per heavy atom. The molecule has 1 N–H and O–H groups in total. The van der Waals surface area contributed by atoms with E-state index in [0.29, 0.717) is 19.5 Å². The lowest BCUT2D eigenvalue weighted by molar-refractivity contribution is -0.136. The van der Waals surface area contributed by atoms with Crippen LogP contribution in [0.4, 0.5) is 0 Å². The van der Waals surface area contributed by atoms with Crippen molar-refractivity contribution in [3.05, 3.63) is 48.7 Å². The van der Waals surface area contributed by atoms with Gasteiger partial charge in [0.25, 0.3) is 5.91 Å². The largest absolute Gasteiger partial charge is 0.361 e. The first-order valence-electron chi connectivity index (χ1n) is 8.47. The van der Waals surface area contributed by atoms with Crippen LogP contribution in [-0.2, 0) is 4.79 Å². The number of piperidine rings is 1. The molecule has 24 heavy (non-hydrogen) atoms. The number of nitrogens with one attached hydrogen (secondary N) is 1. The van der Waals surface area contributed by atoms with Crippen LogP contribution >= 0.6 is 0 Å². The van der Waals surface area contributed by atoms with Crippen molar-refractivity contribution in [1.82, 2.24) is 14.8 Å². The molecule has 0 radical (unpaired) electrons. The molecule has 1 aromatic carbocycles. The van der Waals surface area contributed by atoms with E-state index in [-0.39, 0.29) is 23.9 Å². The molecule has 124 valence electrons. The van der Waals surface area contributed by atoms with Crippen molar-refractivity contribution in [2.75, 3.05) is 13.1 Å². The zero-order chi connectivity index (χ0) is 16.7. The van der Waals surface area contributed by atoms with Crippen LogP contribution < -0.4 is 0 Å². The van der Waals surface area contributed by atoms with Gasteiger partial charge in [-0.05, 0) is 37.1 Å². The summed E-state index contributed by atoms with van der Waals surface area (Å²) in [5.41, 5.74) is 1.75. The third kappa shape index (κ3) is 2.31. The van der Waals surface area contributed by atoms with Gasteiger partial charge in [0, 0.05) is 42.2 Å². The monoisotopic (exact) mass is 323 g/mol. The van der Waals surface area contributed by atoms with E-state index < -0.39 is 0 Å². The summed E-state index contributed by atoms with van der Waals surface area (Å²) in [6.07, 6.45) is 5.77. The zero-order valence-electron chi connectivity index (χ0n) is 13.6. The van der Waals surface area contributed by atoms with Crippen molar-refractivity contribution in [2.45, 2.75) is 31.3 Å². The SMILES string of the molecule is C=CCN1C(=O)CCC2C1CCN2C(=O)c1ccc2[nH]ccc2c1. The molecule has 2 unspecified atom stereocenters. The van der Waals surface area contributed by atoms with Gasteiger partial charge in [-0.2, -0.15) is 0 Å². The quantitative estimate of drug-likeness (QED) is 0.883. The summed E-state index contributed by atoms with van der Waals surface area (Å²) in [7, 11) is 0. The lowest BCUT2D eigenvalue weighted by Gasteiger charge is -2.39. The van der Waals surface area contributed by atoms with Crippen molar-refractivity contribution < 1.29 is 9.59 Å². The van der Waals surface area contributed by atoms with Crippen LogP contribution in [-0.4, -0.2) is 51.8 Å². The summed E-state index contributed by atoms with van der Waals surface area (Å²) >= 11 is 0. The van der Waals surface area contributed by atoms with Gasteiger partial charge >= 0.3 is 0 Å². The summed E-state index contributed by atoms with van der Waals surface area (Å²) in [5.74, 6) is 0.248. The number of likely N-dealkylation sites (tertiary alicyclic amines) is 2. The molecule has 0 bridgehead atoms. The molecular weight excluding hydrogens is 302 g/mol. The van der Waals surface area contributed by atoms with Gasteiger partial charge in [0.2, 0.25) is 5.91 Å². The third-order valence-corrected chi connectivity index (χ3v) is 5.27. The highest BCUT2D eigenvalue weighted by atomic mass is 16.2. The number of H-pyrrole nitrogens is 1. The van der Waals surface area contributed by atoms with Crippen LogP contribution in [0.3, 0.4) is 0 Å². The number of aromatic amines is 1. The van der Waals surface area contributed by atoms with Gasteiger partial charge < -0.3 is 14.8 Å². The van der Waals surface area contributed by atoms with Crippen molar-refractivity contribution >= 4 is 22.7 Å². The number of carbonyl (C=O) groups excluding carboxylic acids is 2. The minimum atomic E-state index is 0.0681. The fourth-order valence-electron chi connectivity index (χ4n) is 4.13. The number of hydrogen-bond acceptors (Lipinski definition) is 2. The molecule has 5 nitrogen and oxygen atoms in total. The molecular formula is C19H21N3O2. The summed E-state index contributed by atoms with van der Waals surface area (Å²) in [6, 6.07) is 8.00. The number of nitrogens with zero attached hydrogens (tertiary/aromatic N) is 2. The molecule has 2 amide bonds. The molecule has 0 aliphatic carbocycles. The lowest BCUT2D eigenvalue weighted by atomic mass is 9.96. The van der Waals surface area contributed by atoms with Crippen molar-refractivity contribution in [2.24, 2.45) is 0 Å². The molecule has 2 atom stereocenters. The molecule has 0 spiro atoms. The van der Waals surface area contributed by atoms with Crippen molar-refractivity contribution in [1.29, 1.82) is 0 Å². The maximum Gasteiger partial charge on any atom is 0.254 e. The van der Waals surface area contributed by atoms with Gasteiger partial charge in [-0.15, -0.1) is 6.58 Å². The number of rotatable bonds is 3. The summed E-state index contributed by atoms with van der Waals surface area (Å²) in [6.45, 7) is 5.03. The molecule has 1 aromatic heterocycles. The topological polar surface area (TPSA) is 56.4 Å². The standard InChI is InChI=1S/C19H21N3O2/c1-2-10-21-17-8-11-22(16(17)5-6-18(21)23)19(24)14-3-4-15-13(12-14)7-9-20-15/h2-4,7,9,12,16-17,20H,1,5-6,8,10-11H2. The van der Waals surface area contributed by atoms with E-state index in [2.05, 4.69) is 11.6 Å². The molecule has 2 saturated heterocycles. The number of hydrogen-bond donors (Lipinski definition) is 1. The van der Waals surface area contributed by atoms with E-state index in [1.807, 2.05) is 40.3 Å². The highest BCUT2D eigenvalue weighted by Gasteiger charge is 2.44. The third-order valence-electron chi connectivity index (χ3n) is 5.27. The maximum absolute atomic E-state index is 13.0. The van der Waals surface area contributed by atoms with Crippen LogP contribution in [0.5, 0.6) is 0 Å². The highest BCUT2D eigenvalue weighted by molar-refractivity contribution is 5.98. The zero-order valence-corrected chi connectivity index (χ0v) is 13.6. The number of carbonyl (C=O) groups is 2. The van der Waals surface area contributed by atoms with E-state index in [4.69, 9.17) is 0 Å². The second-order valence-electron chi connectivity index (χ2n) is 6.58. The number of aromatic nitrogens is 1. The van der Waals surface area contributed by atoms with Gasteiger partial charge in [0.15, 0.2) is 0 Å². The first-order valence-corrected chi connectivity index (χ1v) is 8.47. The van der Waals surface area contributed by atoms with E-state index in [1.54, 1.807) is 6.08 Å². The highest BCUT2D eigenvalue weighted by Crippen LogP contribution is 2.32. The average molecular weight is 323 g/mol. The Hall–Kier alpha value is -2.56. The second-order valence-corrected chi connectivity index (χ2v) is 6.58. The first kappa shape index (κ1) is 15.0. The molecule has 3 heterocycles. The molecule has 0 saturated carbocycles. The smallest absolute Gasteiger partial charge is 0.254 e. The molecule has 2 fully saturated rings. The summed E-state index contributed by atoms with van der Waals surface area (Å²) in [5, 5.41) is 1.05. The minimum Gasteiger partial charge on any atom is -0.361 e. The minimum absolute atomic E-state index is 0.0681. The Morgan fingerprint density at radius 1 is 1.29 bits per heavy atom. The molecule has 2 aromatic rings. The van der Waals surface area contributed by atoms with Crippen LogP contribution in [0, 0.1) is 0 Å². The first-order chi connectivity index (χ1) is 11.7. The Balaban J connectivity index is 1.59. The molecule has 4 rings (SSSR count). The predicted octanol–water partition coefficient (Wildman–Crippen LogP) is 2.56. The van der Waals surface area contributed by atoms with Gasteiger partial charge in [-0.3, -0.25) is 9.59 Å². The van der Waals surface area contributed by atoms with Gasteiger partial charge in [-0.1, -0.05) is 6.08 Å². The van der Waals surface area contributed by atoms with Gasteiger partial charge in [-0.25, -0.2) is 0 Å². The lowest BCUT2D eigenvalue weighted by Crippen LogP contribution is -2.53. The molecule has 2 aliphatic rings. The predicted molar refractivity (Wildman–Crippen MR) is 92.7 cm³/mol. The van der Waals surface area contributed by atoms with Crippen LogP contribution in [0.1, 0.15) is 29.6 Å². The summed E-state index contributed by atoms with van der Waals surface area (Å²) < 4.78 is 0. The van der Waals surface area contributed by atoms with Crippen LogP contribution in [0.25, 0.3) is 10.9 Å². The van der Waals surface area contributed by atoms with E-state index in [0.717, 1.165) is 29.3 Å². The second kappa shape index (κ2) is 5.82. The fraction of sp³-hybridized carbons (Fsp3) is 0.368. The average Bonchev–Trinajstić information content (AvgIpc) is 3.22. The Bertz CT molecular complexity index is 810. The fourth-order valence-corrected chi connectivity index (χ4v) is 4.13. The van der Waals surface area contributed by atoms with Gasteiger partial charge in [0.05, 0.1) is 12.1 Å². The van der Waals surface area contributed by atoms with Crippen molar-refractivity contribution in [3.8, 4) is 0 Å². The number of benzene rings is 1. The van der Waals surface area contributed by atoms with Crippen LogP contribution in [0.15, 0.2) is 43.1 Å². The van der Waals surface area contributed by atoms with E-state index in [9.17, 15) is 9.59 Å². The Morgan fingerprint density at radius 2 is 2.17 bits per heavy atom. The normalized spacial score (nSPS) is 23.6.